The largest absolute Gasteiger partial charge is 0.497 e. The molecule has 1 atom stereocenters. The normalized spacial score (nSPS) is 15.4. The van der Waals surface area contributed by atoms with Crippen LogP contribution in [0.5, 0.6) is 5.75 Å². The molecule has 0 aliphatic carbocycles. The molecule has 190 valence electrons. The molecule has 1 aliphatic rings. The Morgan fingerprint density at radius 3 is 2.25 bits per heavy atom. The van der Waals surface area contributed by atoms with E-state index in [2.05, 4.69) is 15.6 Å². The first-order valence-corrected chi connectivity index (χ1v) is 13.2. The van der Waals surface area contributed by atoms with Crippen molar-refractivity contribution < 1.29 is 27.5 Å². The molecule has 1 aliphatic heterocycles. The summed E-state index contributed by atoms with van der Waals surface area (Å²) in [6.07, 6.45) is 0. The number of ketones is 1. The molecule has 0 spiro atoms. The quantitative estimate of drug-likeness (QED) is 0.473. The molecular formula is C24H26N4O6S2. The summed E-state index contributed by atoms with van der Waals surface area (Å²) < 4.78 is 31.1. The fourth-order valence-electron chi connectivity index (χ4n) is 3.50. The lowest BCUT2D eigenvalue weighted by molar-refractivity contribution is -0.117. The molecule has 3 rings (SSSR count). The van der Waals surface area contributed by atoms with Crippen LogP contribution in [0.25, 0.3) is 0 Å². The van der Waals surface area contributed by atoms with Crippen LogP contribution in [0.3, 0.4) is 0 Å². The summed E-state index contributed by atoms with van der Waals surface area (Å²) in [5.74, 6) is -0.417. The third-order valence-corrected chi connectivity index (χ3v) is 7.43. The number of rotatable bonds is 8. The summed E-state index contributed by atoms with van der Waals surface area (Å²) in [5.41, 5.74) is 2.42. The number of carbonyl (C=O) groups excluding carboxylic acids is 3. The number of Topliss-reactive ketones (excluding diaryl/α,β-unsaturated/α-hetero) is 1. The number of amides is 2. The monoisotopic (exact) mass is 530 g/mol. The predicted molar refractivity (Wildman–Crippen MR) is 138 cm³/mol. The summed E-state index contributed by atoms with van der Waals surface area (Å²) >= 11 is 1.18. The number of nitrogens with one attached hydrogen (secondary N) is 3. The second kappa shape index (κ2) is 11.4. The number of hydrogen-bond donors (Lipinski definition) is 3. The van der Waals surface area contributed by atoms with Crippen molar-refractivity contribution in [2.24, 2.45) is 4.99 Å². The highest BCUT2D eigenvalue weighted by Crippen LogP contribution is 2.33. The molecule has 10 nitrogen and oxygen atoms in total. The number of amidine groups is 1. The van der Waals surface area contributed by atoms with Crippen LogP contribution in [0.4, 0.5) is 5.69 Å². The third-order valence-electron chi connectivity index (χ3n) is 5.10. The Kier molecular flexibility index (Phi) is 8.53. The Morgan fingerprint density at radius 2 is 1.69 bits per heavy atom. The average Bonchev–Trinajstić information content (AvgIpc) is 2.81. The zero-order chi connectivity index (χ0) is 26.5. The van der Waals surface area contributed by atoms with E-state index >= 15 is 0 Å². The number of nitrogens with zero attached hydrogens (tertiary/aromatic N) is 1. The van der Waals surface area contributed by atoms with Crippen LogP contribution >= 0.6 is 11.8 Å². The number of allylic oxidation sites excluding steroid dienone is 1. The molecule has 0 saturated heterocycles. The van der Waals surface area contributed by atoms with Crippen molar-refractivity contribution in [1.29, 1.82) is 0 Å². The lowest BCUT2D eigenvalue weighted by Gasteiger charge is -2.25. The van der Waals surface area contributed by atoms with Crippen LogP contribution in [0, 0.1) is 0 Å². The van der Waals surface area contributed by atoms with Crippen molar-refractivity contribution in [1.82, 2.24) is 10.0 Å². The number of hydrogen-bond acceptors (Lipinski definition) is 9. The smallest absolute Gasteiger partial charge is 0.264 e. The van der Waals surface area contributed by atoms with Crippen molar-refractivity contribution in [3.8, 4) is 5.75 Å². The Hall–Kier alpha value is -3.64. The Labute approximate surface area is 213 Å². The number of ether oxygens (including phenoxy) is 1. The molecule has 0 fully saturated rings. The number of carbonyl (C=O) groups is 3. The fraction of sp³-hybridized carbons (Fsp3) is 0.250. The first-order chi connectivity index (χ1) is 17.0. The van der Waals surface area contributed by atoms with Crippen molar-refractivity contribution in [2.75, 3.05) is 18.2 Å². The second-order valence-corrected chi connectivity index (χ2v) is 10.5. The van der Waals surface area contributed by atoms with Gasteiger partial charge in [0.2, 0.25) is 11.8 Å². The summed E-state index contributed by atoms with van der Waals surface area (Å²) in [5, 5.41) is 6.28. The molecule has 0 radical (unpaired) electrons. The van der Waals surface area contributed by atoms with E-state index < -0.39 is 22.0 Å². The first-order valence-electron chi connectivity index (χ1n) is 10.8. The highest BCUT2D eigenvalue weighted by Gasteiger charge is 2.27. The van der Waals surface area contributed by atoms with Gasteiger partial charge in [-0.25, -0.2) is 18.1 Å². The van der Waals surface area contributed by atoms with Gasteiger partial charge in [-0.3, -0.25) is 14.4 Å². The van der Waals surface area contributed by atoms with Gasteiger partial charge >= 0.3 is 0 Å². The van der Waals surface area contributed by atoms with E-state index in [1.165, 1.54) is 43.0 Å². The summed E-state index contributed by atoms with van der Waals surface area (Å²) in [7, 11) is -2.38. The number of sulfonamides is 1. The molecule has 0 saturated carbocycles. The van der Waals surface area contributed by atoms with Crippen LogP contribution in [0.1, 0.15) is 32.4 Å². The molecule has 2 aromatic carbocycles. The number of anilines is 1. The average molecular weight is 531 g/mol. The molecule has 1 heterocycles. The minimum Gasteiger partial charge on any atom is -0.497 e. The number of thioether (sulfide) groups is 1. The van der Waals surface area contributed by atoms with Gasteiger partial charge in [0.15, 0.2) is 11.0 Å². The molecule has 12 heteroatoms. The maximum Gasteiger partial charge on any atom is 0.264 e. The third kappa shape index (κ3) is 6.73. The lowest BCUT2D eigenvalue weighted by atomic mass is 9.94. The van der Waals surface area contributed by atoms with E-state index in [9.17, 15) is 22.8 Å². The zero-order valence-corrected chi connectivity index (χ0v) is 21.7. The highest BCUT2D eigenvalue weighted by molar-refractivity contribution is 8.14. The SMILES string of the molecule is COc1ccc(C2N=C(SCC(=O)Nc3ccc(S(=O)(=O)NC(C)=O)cc3)NC(C)=C2C(C)=O)cc1. The van der Waals surface area contributed by atoms with E-state index in [1.54, 1.807) is 26.2 Å². The van der Waals surface area contributed by atoms with Gasteiger partial charge < -0.3 is 15.4 Å². The Morgan fingerprint density at radius 1 is 1.06 bits per heavy atom. The summed E-state index contributed by atoms with van der Waals surface area (Å²) in [4.78, 5) is 40.4. The lowest BCUT2D eigenvalue weighted by Crippen LogP contribution is -2.30. The zero-order valence-electron chi connectivity index (χ0n) is 20.1. The maximum absolute atomic E-state index is 12.5. The van der Waals surface area contributed by atoms with Gasteiger partial charge in [-0.05, 0) is 55.8 Å². The van der Waals surface area contributed by atoms with Gasteiger partial charge in [0.05, 0.1) is 17.8 Å². The van der Waals surface area contributed by atoms with Gasteiger partial charge in [0.25, 0.3) is 10.0 Å². The highest BCUT2D eigenvalue weighted by atomic mass is 32.2. The molecule has 1 unspecified atom stereocenters. The molecule has 2 amide bonds. The van der Waals surface area contributed by atoms with Crippen LogP contribution in [-0.4, -0.2) is 44.0 Å². The molecule has 3 N–H and O–H groups in total. The van der Waals surface area contributed by atoms with Gasteiger partial charge in [0, 0.05) is 23.9 Å². The topological polar surface area (TPSA) is 143 Å². The standard InChI is InChI=1S/C24H26N4O6S2/c1-14-22(15(2)29)23(17-5-9-19(34-4)10-6-17)27-24(25-14)35-13-21(31)26-18-7-11-20(12-8-18)36(32,33)28-16(3)30/h5-12,23H,13H2,1-4H3,(H,25,27)(H,26,31)(H,28,30). The van der Waals surface area contributed by atoms with Crippen molar-refractivity contribution in [3.63, 3.8) is 0 Å². The molecular weight excluding hydrogens is 504 g/mol. The number of aliphatic imine (C=N–C) groups is 1. The Bertz CT molecular complexity index is 1330. The van der Waals surface area contributed by atoms with Gasteiger partial charge in [-0.1, -0.05) is 23.9 Å². The maximum atomic E-state index is 12.5. The van der Waals surface area contributed by atoms with E-state index in [0.29, 0.717) is 27.9 Å². The van der Waals surface area contributed by atoms with E-state index in [0.717, 1.165) is 12.5 Å². The van der Waals surface area contributed by atoms with Crippen molar-refractivity contribution in [2.45, 2.75) is 31.7 Å². The van der Waals surface area contributed by atoms with Gasteiger partial charge in [-0.15, -0.1) is 0 Å². The minimum absolute atomic E-state index is 0.0236. The molecule has 2 aromatic rings. The predicted octanol–water partition coefficient (Wildman–Crippen LogP) is 2.76. The molecule has 0 aromatic heterocycles. The second-order valence-electron chi connectivity index (χ2n) is 7.85. The fourth-order valence-corrected chi connectivity index (χ4v) is 5.24. The molecule has 36 heavy (non-hydrogen) atoms. The Balaban J connectivity index is 1.68. The number of benzene rings is 2. The van der Waals surface area contributed by atoms with Gasteiger partial charge in [0.1, 0.15) is 11.8 Å². The minimum atomic E-state index is -3.95. The summed E-state index contributed by atoms with van der Waals surface area (Å²) in [6.45, 7) is 4.39. The van der Waals surface area contributed by atoms with E-state index in [-0.39, 0.29) is 22.3 Å². The van der Waals surface area contributed by atoms with Crippen LogP contribution in [-0.2, 0) is 24.4 Å². The molecule has 0 bridgehead atoms. The van der Waals surface area contributed by atoms with E-state index in [4.69, 9.17) is 4.74 Å². The van der Waals surface area contributed by atoms with Crippen LogP contribution in [0.2, 0.25) is 0 Å². The van der Waals surface area contributed by atoms with Gasteiger partial charge in [-0.2, -0.15) is 0 Å². The first kappa shape index (κ1) is 27.0. The van der Waals surface area contributed by atoms with E-state index in [1.807, 2.05) is 16.9 Å². The van der Waals surface area contributed by atoms with Crippen LogP contribution in [0.15, 0.2) is 69.7 Å². The van der Waals surface area contributed by atoms with Crippen molar-refractivity contribution in [3.05, 3.63) is 65.4 Å². The van der Waals surface area contributed by atoms with Crippen molar-refractivity contribution >= 4 is 50.2 Å². The summed E-state index contributed by atoms with van der Waals surface area (Å²) in [6, 6.07) is 12.2. The van der Waals surface area contributed by atoms with Crippen LogP contribution < -0.4 is 20.1 Å². The number of methoxy groups -OCH3 is 1.